The average Bonchev–Trinajstić information content (AvgIpc) is 3.05. The Hall–Kier alpha value is -6.06. The SMILES string of the molecule is C.C.C.C=C[B]O.C=Cc1cn(-c2ccc(O)c(F)c2)c(=O)c2c(O)cc(O)cc12.O=c1c2c(O)cc(O)cc2c(Br)cn1-c1ccc(O)c(F)c1. The van der Waals surface area contributed by atoms with Gasteiger partial charge >= 0.3 is 7.48 Å². The summed E-state index contributed by atoms with van der Waals surface area (Å²) in [4.78, 5) is 25.2. The van der Waals surface area contributed by atoms with Crippen molar-refractivity contribution >= 4 is 51.0 Å². The first-order valence-electron chi connectivity index (χ1n) is 13.8. The van der Waals surface area contributed by atoms with Gasteiger partial charge in [-0.15, -0.1) is 6.58 Å². The zero-order chi connectivity index (χ0) is 36.2. The van der Waals surface area contributed by atoms with Gasteiger partial charge in [-0.2, -0.15) is 0 Å². The minimum Gasteiger partial charge on any atom is -0.508 e. The number of phenolic OH excluding ortho intramolecular Hbond substituents is 6. The molecule has 6 aromatic rings. The fraction of sp³-hybridized carbons (Fsp3) is 0.0811. The Morgan fingerprint density at radius 1 is 0.635 bits per heavy atom. The number of nitrogens with zero attached hydrogens (tertiary/aromatic N) is 2. The number of fused-ring (bicyclic) bond motifs is 2. The number of pyridine rings is 2. The molecular formula is C37H37BBrF2N2O9. The largest absolute Gasteiger partial charge is 0.508 e. The molecule has 6 rings (SSSR count). The Morgan fingerprint density at radius 3 is 1.44 bits per heavy atom. The fourth-order valence-corrected chi connectivity index (χ4v) is 5.19. The molecule has 0 atom stereocenters. The van der Waals surface area contributed by atoms with Gasteiger partial charge in [-0.3, -0.25) is 18.7 Å². The second-order valence-corrected chi connectivity index (χ2v) is 10.9. The van der Waals surface area contributed by atoms with Crippen LogP contribution in [0.15, 0.2) is 106 Å². The molecule has 0 aliphatic rings. The highest BCUT2D eigenvalue weighted by Crippen LogP contribution is 2.33. The molecule has 11 nitrogen and oxygen atoms in total. The summed E-state index contributed by atoms with van der Waals surface area (Å²) in [5.74, 6) is -2.62. The molecule has 15 heteroatoms. The summed E-state index contributed by atoms with van der Waals surface area (Å²) < 4.78 is 29.7. The topological polar surface area (TPSA) is 186 Å². The highest BCUT2D eigenvalue weighted by molar-refractivity contribution is 9.10. The van der Waals surface area contributed by atoms with E-state index in [-0.39, 0.29) is 67.4 Å². The lowest BCUT2D eigenvalue weighted by atomic mass is 10.1. The van der Waals surface area contributed by atoms with E-state index in [9.17, 15) is 49.0 Å². The number of hydrogen-bond acceptors (Lipinski definition) is 9. The molecule has 0 aliphatic heterocycles. The van der Waals surface area contributed by atoms with Crippen LogP contribution in [0.1, 0.15) is 27.8 Å². The van der Waals surface area contributed by atoms with Crippen molar-refractivity contribution < 1.29 is 44.4 Å². The summed E-state index contributed by atoms with van der Waals surface area (Å²) in [6, 6.07) is 11.8. The summed E-state index contributed by atoms with van der Waals surface area (Å²) in [5, 5.41) is 65.8. The maximum atomic E-state index is 13.6. The molecule has 0 saturated carbocycles. The quantitative estimate of drug-likeness (QED) is 0.0888. The minimum atomic E-state index is -0.871. The normalized spacial score (nSPS) is 9.85. The van der Waals surface area contributed by atoms with E-state index in [1.54, 1.807) is 0 Å². The highest BCUT2D eigenvalue weighted by Gasteiger charge is 2.16. The van der Waals surface area contributed by atoms with E-state index in [1.165, 1.54) is 48.7 Å². The molecule has 2 heterocycles. The van der Waals surface area contributed by atoms with Crippen LogP contribution in [-0.2, 0) is 0 Å². The van der Waals surface area contributed by atoms with Gasteiger partial charge in [-0.25, -0.2) is 8.78 Å². The van der Waals surface area contributed by atoms with Gasteiger partial charge < -0.3 is 35.7 Å². The molecule has 0 unspecified atom stereocenters. The van der Waals surface area contributed by atoms with E-state index in [2.05, 4.69) is 29.1 Å². The van der Waals surface area contributed by atoms with Gasteiger partial charge in [0.05, 0.1) is 22.1 Å². The zero-order valence-electron chi connectivity index (χ0n) is 25.0. The maximum Gasteiger partial charge on any atom is 0.317 e. The molecule has 0 aliphatic carbocycles. The second kappa shape index (κ2) is 18.3. The number of benzene rings is 4. The van der Waals surface area contributed by atoms with Crippen LogP contribution in [0, 0.1) is 11.6 Å². The Kier molecular flexibility index (Phi) is 15.4. The second-order valence-electron chi connectivity index (χ2n) is 10.0. The predicted octanol–water partition coefficient (Wildman–Crippen LogP) is 7.55. The molecule has 52 heavy (non-hydrogen) atoms. The van der Waals surface area contributed by atoms with E-state index in [0.29, 0.717) is 20.8 Å². The summed E-state index contributed by atoms with van der Waals surface area (Å²) >= 11 is 3.26. The van der Waals surface area contributed by atoms with Crippen LogP contribution >= 0.6 is 15.9 Å². The molecule has 1 radical (unpaired) electrons. The molecule has 0 saturated heterocycles. The lowest BCUT2D eigenvalue weighted by molar-refractivity contribution is 0.432. The van der Waals surface area contributed by atoms with Crippen molar-refractivity contribution in [3.8, 4) is 45.9 Å². The lowest BCUT2D eigenvalue weighted by Gasteiger charge is -2.12. The van der Waals surface area contributed by atoms with E-state index >= 15 is 0 Å². The molecule has 273 valence electrons. The van der Waals surface area contributed by atoms with Gasteiger partial charge in [-0.05, 0) is 57.9 Å². The standard InChI is InChI=1S/C17H12FNO4.C15H9BrFNO4.C2H4BO.3CH4/c1-2-9-8-19(10-3-4-14(21)13(18)5-10)17(23)16-12(9)6-11(20)7-15(16)22;16-10-6-18(7-1-2-12(20)11(17)3-7)15(22)14-9(10)4-8(19)5-13(14)21;1-2-3-4;;;/h2-8,20-22H,1H2;1-6,19-21H;2,4H,1H2;3*1H4. The smallest absolute Gasteiger partial charge is 0.317 e. The fourth-order valence-electron chi connectivity index (χ4n) is 4.68. The molecule has 0 bridgehead atoms. The van der Waals surface area contributed by atoms with Gasteiger partial charge in [0.15, 0.2) is 23.1 Å². The van der Waals surface area contributed by atoms with Crippen molar-refractivity contribution in [1.82, 2.24) is 9.13 Å². The van der Waals surface area contributed by atoms with E-state index in [4.69, 9.17) is 5.02 Å². The third kappa shape index (κ3) is 8.99. The summed E-state index contributed by atoms with van der Waals surface area (Å²) in [7, 11) is 0.889. The number of rotatable bonds is 4. The molecule has 4 aromatic carbocycles. The number of halogens is 3. The first-order valence-corrected chi connectivity index (χ1v) is 14.6. The first-order chi connectivity index (χ1) is 23.2. The summed E-state index contributed by atoms with van der Waals surface area (Å²) in [6.07, 6.45) is 4.27. The Balaban J connectivity index is 0.000000448. The third-order valence-corrected chi connectivity index (χ3v) is 7.52. The Bertz CT molecular complexity index is 2380. The Labute approximate surface area is 306 Å². The molecular weight excluding hydrogens is 745 g/mol. The number of phenols is 6. The van der Waals surface area contributed by atoms with Gasteiger partial charge in [0.1, 0.15) is 23.0 Å². The minimum absolute atomic E-state index is 0. The van der Waals surface area contributed by atoms with Crippen molar-refractivity contribution in [3.63, 3.8) is 0 Å². The lowest BCUT2D eigenvalue weighted by Crippen LogP contribution is -2.19. The van der Waals surface area contributed by atoms with Crippen molar-refractivity contribution in [1.29, 1.82) is 0 Å². The van der Waals surface area contributed by atoms with Gasteiger partial charge in [0.25, 0.3) is 11.1 Å². The molecule has 0 amide bonds. The zero-order valence-corrected chi connectivity index (χ0v) is 26.6. The summed E-state index contributed by atoms with van der Waals surface area (Å²) in [5.41, 5.74) is -0.327. The van der Waals surface area contributed by atoms with Crippen LogP contribution in [0.5, 0.6) is 34.5 Å². The van der Waals surface area contributed by atoms with Crippen LogP contribution in [0.3, 0.4) is 0 Å². The van der Waals surface area contributed by atoms with Gasteiger partial charge in [0, 0.05) is 51.9 Å². The first kappa shape index (κ1) is 44.0. The van der Waals surface area contributed by atoms with E-state index < -0.39 is 34.3 Å². The van der Waals surface area contributed by atoms with Gasteiger partial charge in [-0.1, -0.05) is 40.9 Å². The third-order valence-electron chi connectivity index (χ3n) is 6.89. The van der Waals surface area contributed by atoms with Gasteiger partial charge in [0.2, 0.25) is 0 Å². The summed E-state index contributed by atoms with van der Waals surface area (Å²) in [6.45, 7) is 6.82. The average molecular weight is 782 g/mol. The number of aromatic hydroxyl groups is 6. The van der Waals surface area contributed by atoms with Crippen LogP contribution in [-0.4, -0.2) is 52.3 Å². The monoisotopic (exact) mass is 781 g/mol. The van der Waals surface area contributed by atoms with Crippen LogP contribution in [0.4, 0.5) is 8.78 Å². The molecule has 7 N–H and O–H groups in total. The van der Waals surface area contributed by atoms with Crippen molar-refractivity contribution in [3.05, 3.63) is 135 Å². The Morgan fingerprint density at radius 2 is 1.04 bits per heavy atom. The van der Waals surface area contributed by atoms with Crippen LogP contribution < -0.4 is 11.1 Å². The van der Waals surface area contributed by atoms with E-state index in [1.807, 2.05) is 0 Å². The number of hydrogen-bond donors (Lipinski definition) is 7. The van der Waals surface area contributed by atoms with Crippen molar-refractivity contribution in [2.24, 2.45) is 0 Å². The van der Waals surface area contributed by atoms with Crippen molar-refractivity contribution in [2.45, 2.75) is 22.3 Å². The van der Waals surface area contributed by atoms with Crippen LogP contribution in [0.25, 0.3) is 39.0 Å². The molecule has 2 aromatic heterocycles. The molecule has 0 spiro atoms. The maximum absolute atomic E-state index is 13.6. The van der Waals surface area contributed by atoms with E-state index in [0.717, 1.165) is 53.0 Å². The molecule has 0 fully saturated rings. The predicted molar refractivity (Wildman–Crippen MR) is 205 cm³/mol. The van der Waals surface area contributed by atoms with Crippen molar-refractivity contribution in [2.75, 3.05) is 0 Å². The van der Waals surface area contributed by atoms with Crippen LogP contribution in [0.2, 0.25) is 0 Å². The highest BCUT2D eigenvalue weighted by atomic mass is 79.9. The number of aromatic nitrogens is 2.